The fourth-order valence-corrected chi connectivity index (χ4v) is 3.62. The van der Waals surface area contributed by atoms with E-state index >= 15 is 0 Å². The maximum absolute atomic E-state index is 13.0. The zero-order valence-corrected chi connectivity index (χ0v) is 17.5. The molecule has 1 N–H and O–H groups in total. The molecule has 4 rings (SSSR count). The molecule has 4 aromatic rings. The zero-order chi connectivity index (χ0) is 21.8. The number of hydrogen-bond donors (Lipinski definition) is 1. The van der Waals surface area contributed by atoms with Gasteiger partial charge in [-0.25, -0.2) is 0 Å². The van der Waals surface area contributed by atoms with Crippen LogP contribution >= 0.6 is 0 Å². The predicted molar refractivity (Wildman–Crippen MR) is 122 cm³/mol. The van der Waals surface area contributed by atoms with Crippen molar-refractivity contribution in [2.75, 3.05) is 5.32 Å². The number of benzene rings is 3. The van der Waals surface area contributed by atoms with Gasteiger partial charge < -0.3 is 5.32 Å². The topological polar surface area (TPSA) is 64.0 Å². The van der Waals surface area contributed by atoms with Crippen molar-refractivity contribution in [3.05, 3.63) is 119 Å². The molecule has 0 aliphatic carbocycles. The first-order valence-corrected chi connectivity index (χ1v) is 10.1. The van der Waals surface area contributed by atoms with Gasteiger partial charge in [0.25, 0.3) is 5.91 Å². The number of carbonyl (C=O) groups is 2. The molecule has 1 amide bonds. The Morgan fingerprint density at radius 2 is 1.48 bits per heavy atom. The lowest BCUT2D eigenvalue weighted by atomic mass is 10.0. The van der Waals surface area contributed by atoms with E-state index in [0.717, 1.165) is 11.3 Å². The van der Waals surface area contributed by atoms with Gasteiger partial charge in [-0.1, -0.05) is 72.8 Å². The van der Waals surface area contributed by atoms with E-state index in [2.05, 4.69) is 10.4 Å². The molecule has 0 spiro atoms. The molecule has 0 aliphatic heterocycles. The quantitative estimate of drug-likeness (QED) is 0.454. The van der Waals surface area contributed by atoms with E-state index in [1.807, 2.05) is 67.1 Å². The van der Waals surface area contributed by atoms with E-state index in [9.17, 15) is 9.59 Å². The predicted octanol–water partition coefficient (Wildman–Crippen LogP) is 5.03. The van der Waals surface area contributed by atoms with E-state index in [1.165, 1.54) is 0 Å². The van der Waals surface area contributed by atoms with Crippen molar-refractivity contribution in [3.63, 3.8) is 0 Å². The second-order valence-corrected chi connectivity index (χ2v) is 7.42. The van der Waals surface area contributed by atoms with E-state index in [-0.39, 0.29) is 11.7 Å². The molecule has 0 radical (unpaired) electrons. The Kier molecular flexibility index (Phi) is 5.76. The number of aromatic nitrogens is 2. The number of nitrogens with zero attached hydrogens (tertiary/aromatic N) is 2. The molecule has 154 valence electrons. The summed E-state index contributed by atoms with van der Waals surface area (Å²) < 4.78 is 1.84. The smallest absolute Gasteiger partial charge is 0.259 e. The van der Waals surface area contributed by atoms with Crippen LogP contribution in [0.3, 0.4) is 0 Å². The average Bonchev–Trinajstić information content (AvgIpc) is 3.07. The standard InChI is InChI=1S/C26H23N3O2/c1-18-24(19(2)29(28-18)17-20-10-5-3-6-11-20)26(31)27-23-15-9-14-22(16-23)25(30)21-12-7-4-8-13-21/h3-16H,17H2,1-2H3,(H,27,31). The van der Waals surface area contributed by atoms with Crippen LogP contribution in [0.2, 0.25) is 0 Å². The fourth-order valence-electron chi connectivity index (χ4n) is 3.62. The Morgan fingerprint density at radius 3 is 2.19 bits per heavy atom. The Balaban J connectivity index is 1.54. The summed E-state index contributed by atoms with van der Waals surface area (Å²) >= 11 is 0. The summed E-state index contributed by atoms with van der Waals surface area (Å²) in [5.41, 5.74) is 4.85. The Hall–Kier alpha value is -3.99. The highest BCUT2D eigenvalue weighted by Crippen LogP contribution is 2.19. The summed E-state index contributed by atoms with van der Waals surface area (Å²) in [5.74, 6) is -0.321. The molecule has 3 aromatic carbocycles. The van der Waals surface area contributed by atoms with Gasteiger partial charge in [0, 0.05) is 22.5 Å². The van der Waals surface area contributed by atoms with E-state index in [4.69, 9.17) is 0 Å². The molecular formula is C26H23N3O2. The summed E-state index contributed by atoms with van der Waals surface area (Å²) in [6, 6.07) is 26.1. The third-order valence-corrected chi connectivity index (χ3v) is 5.20. The third-order valence-electron chi connectivity index (χ3n) is 5.20. The second kappa shape index (κ2) is 8.79. The van der Waals surface area contributed by atoms with E-state index in [0.29, 0.717) is 34.6 Å². The van der Waals surface area contributed by atoms with Crippen LogP contribution in [0.5, 0.6) is 0 Å². The lowest BCUT2D eigenvalue weighted by Gasteiger charge is -2.09. The SMILES string of the molecule is Cc1nn(Cc2ccccc2)c(C)c1C(=O)Nc1cccc(C(=O)c2ccccc2)c1. The number of hydrogen-bond acceptors (Lipinski definition) is 3. The Labute approximate surface area is 181 Å². The summed E-state index contributed by atoms with van der Waals surface area (Å²) in [6.45, 7) is 4.33. The van der Waals surface area contributed by atoms with Crippen LogP contribution in [0.1, 0.15) is 43.2 Å². The van der Waals surface area contributed by atoms with Crippen LogP contribution in [0.25, 0.3) is 0 Å². The van der Waals surface area contributed by atoms with Gasteiger partial charge in [0.1, 0.15) is 0 Å². The highest BCUT2D eigenvalue weighted by atomic mass is 16.1. The molecule has 5 nitrogen and oxygen atoms in total. The average molecular weight is 409 g/mol. The first-order valence-electron chi connectivity index (χ1n) is 10.1. The highest BCUT2D eigenvalue weighted by molar-refractivity contribution is 6.10. The first-order chi connectivity index (χ1) is 15.0. The van der Waals surface area contributed by atoms with Gasteiger partial charge in [-0.05, 0) is 31.5 Å². The molecule has 0 atom stereocenters. The number of nitrogens with one attached hydrogen (secondary N) is 1. The van der Waals surface area contributed by atoms with Gasteiger partial charge in [0.2, 0.25) is 0 Å². The van der Waals surface area contributed by atoms with Crippen LogP contribution in [-0.2, 0) is 6.54 Å². The zero-order valence-electron chi connectivity index (χ0n) is 17.5. The van der Waals surface area contributed by atoms with Gasteiger partial charge in [-0.3, -0.25) is 14.3 Å². The third kappa shape index (κ3) is 4.46. The number of rotatable bonds is 6. The number of amides is 1. The van der Waals surface area contributed by atoms with Crippen LogP contribution in [0.4, 0.5) is 5.69 Å². The van der Waals surface area contributed by atoms with Gasteiger partial charge in [-0.2, -0.15) is 5.10 Å². The molecule has 1 aromatic heterocycles. The maximum atomic E-state index is 13.0. The van der Waals surface area contributed by atoms with Crippen molar-refractivity contribution < 1.29 is 9.59 Å². The number of anilines is 1. The highest BCUT2D eigenvalue weighted by Gasteiger charge is 2.19. The molecule has 0 unspecified atom stereocenters. The van der Waals surface area contributed by atoms with Crippen molar-refractivity contribution in [1.82, 2.24) is 9.78 Å². The largest absolute Gasteiger partial charge is 0.322 e. The second-order valence-electron chi connectivity index (χ2n) is 7.42. The number of aryl methyl sites for hydroxylation is 1. The molecule has 0 saturated heterocycles. The molecule has 0 fully saturated rings. The molecule has 31 heavy (non-hydrogen) atoms. The number of ketones is 1. The molecule has 5 heteroatoms. The fraction of sp³-hybridized carbons (Fsp3) is 0.115. The lowest BCUT2D eigenvalue weighted by Crippen LogP contribution is -2.15. The molecule has 1 heterocycles. The summed E-state index contributed by atoms with van der Waals surface area (Å²) in [6.07, 6.45) is 0. The minimum Gasteiger partial charge on any atom is -0.322 e. The van der Waals surface area contributed by atoms with Crippen molar-refractivity contribution >= 4 is 17.4 Å². The van der Waals surface area contributed by atoms with E-state index < -0.39 is 0 Å². The van der Waals surface area contributed by atoms with Crippen LogP contribution in [0, 0.1) is 13.8 Å². The van der Waals surface area contributed by atoms with Crippen LogP contribution in [0.15, 0.2) is 84.9 Å². The Morgan fingerprint density at radius 1 is 0.839 bits per heavy atom. The van der Waals surface area contributed by atoms with Gasteiger partial charge in [0.15, 0.2) is 5.78 Å². The van der Waals surface area contributed by atoms with Crippen molar-refractivity contribution in [2.24, 2.45) is 0 Å². The van der Waals surface area contributed by atoms with Crippen molar-refractivity contribution in [3.8, 4) is 0 Å². The molecule has 0 bridgehead atoms. The maximum Gasteiger partial charge on any atom is 0.259 e. The number of carbonyl (C=O) groups excluding carboxylic acids is 2. The summed E-state index contributed by atoms with van der Waals surface area (Å²) in [7, 11) is 0. The van der Waals surface area contributed by atoms with Crippen LogP contribution in [-0.4, -0.2) is 21.5 Å². The van der Waals surface area contributed by atoms with Gasteiger partial charge in [-0.15, -0.1) is 0 Å². The minimum absolute atomic E-state index is 0.0836. The first kappa shape index (κ1) is 20.3. The lowest BCUT2D eigenvalue weighted by molar-refractivity contribution is 0.102. The summed E-state index contributed by atoms with van der Waals surface area (Å²) in [5, 5.41) is 7.47. The van der Waals surface area contributed by atoms with E-state index in [1.54, 1.807) is 36.4 Å². The summed E-state index contributed by atoms with van der Waals surface area (Å²) in [4.78, 5) is 25.7. The molecular weight excluding hydrogens is 386 g/mol. The van der Waals surface area contributed by atoms with Crippen LogP contribution < -0.4 is 5.32 Å². The minimum atomic E-state index is -0.237. The van der Waals surface area contributed by atoms with Gasteiger partial charge in [0.05, 0.1) is 17.8 Å². The normalized spacial score (nSPS) is 10.6. The van der Waals surface area contributed by atoms with Crippen molar-refractivity contribution in [2.45, 2.75) is 20.4 Å². The molecule has 0 saturated carbocycles. The van der Waals surface area contributed by atoms with Gasteiger partial charge >= 0.3 is 0 Å². The van der Waals surface area contributed by atoms with Crippen molar-refractivity contribution in [1.29, 1.82) is 0 Å². The monoisotopic (exact) mass is 409 g/mol. The molecule has 0 aliphatic rings. The Bertz CT molecular complexity index is 1230.